The molecule has 3 heteroatoms. The van der Waals surface area contributed by atoms with Crippen molar-refractivity contribution in [2.45, 2.75) is 26.2 Å². The highest BCUT2D eigenvalue weighted by Crippen LogP contribution is 2.35. The van der Waals surface area contributed by atoms with Crippen LogP contribution in [0.3, 0.4) is 0 Å². The van der Waals surface area contributed by atoms with E-state index in [1.807, 2.05) is 30.3 Å². The normalized spacial score (nSPS) is 23.0. The number of carbonyl (C=O) groups excluding carboxylic acids is 1. The van der Waals surface area contributed by atoms with Crippen LogP contribution in [0.2, 0.25) is 0 Å². The van der Waals surface area contributed by atoms with Gasteiger partial charge in [-0.15, -0.1) is 0 Å². The van der Waals surface area contributed by atoms with Crippen LogP contribution in [-0.2, 0) is 0 Å². The largest absolute Gasteiger partial charge is 0.352 e. The number of benzene rings is 1. The summed E-state index contributed by atoms with van der Waals surface area (Å²) in [6, 6.07) is 10.1. The average Bonchev–Trinajstić information content (AvgIpc) is 3.04. The number of hydrogen-bond donors (Lipinski definition) is 2. The van der Waals surface area contributed by atoms with E-state index in [-0.39, 0.29) is 11.2 Å². The summed E-state index contributed by atoms with van der Waals surface area (Å²) in [5, 5.41) is 4.46. The smallest absolute Gasteiger partial charge is 0.186 e. The van der Waals surface area contributed by atoms with Crippen molar-refractivity contribution in [1.29, 1.82) is 0 Å². The molecule has 0 aliphatic carbocycles. The molecule has 1 unspecified atom stereocenters. The lowest BCUT2D eigenvalue weighted by Gasteiger charge is -2.25. The fraction of sp³-hybridized carbons (Fsp3) is 0.438. The number of para-hydroxylation sites is 1. The zero-order chi connectivity index (χ0) is 13.3. The van der Waals surface area contributed by atoms with Gasteiger partial charge in [0.2, 0.25) is 0 Å². The van der Waals surface area contributed by atoms with Crippen molar-refractivity contribution in [3.05, 3.63) is 36.0 Å². The predicted molar refractivity (Wildman–Crippen MR) is 77.5 cm³/mol. The Morgan fingerprint density at radius 2 is 2.21 bits per heavy atom. The maximum Gasteiger partial charge on any atom is 0.186 e. The molecule has 1 aromatic carbocycles. The van der Waals surface area contributed by atoms with Gasteiger partial charge in [-0.3, -0.25) is 4.79 Å². The summed E-state index contributed by atoms with van der Waals surface area (Å²) >= 11 is 0. The van der Waals surface area contributed by atoms with Gasteiger partial charge in [-0.1, -0.05) is 31.5 Å². The van der Waals surface area contributed by atoms with Crippen LogP contribution >= 0.6 is 0 Å². The first-order valence-corrected chi connectivity index (χ1v) is 7.08. The second kappa shape index (κ2) is 4.82. The fourth-order valence-corrected chi connectivity index (χ4v) is 3.22. The van der Waals surface area contributed by atoms with Crippen LogP contribution in [0, 0.1) is 5.41 Å². The Morgan fingerprint density at radius 3 is 2.89 bits per heavy atom. The maximum absolute atomic E-state index is 12.9. The number of fused-ring (bicyclic) bond motifs is 1. The molecule has 0 radical (unpaired) electrons. The third-order valence-corrected chi connectivity index (χ3v) is 4.23. The Hall–Kier alpha value is -1.61. The van der Waals surface area contributed by atoms with Crippen molar-refractivity contribution >= 4 is 16.7 Å². The summed E-state index contributed by atoms with van der Waals surface area (Å²) < 4.78 is 0. The van der Waals surface area contributed by atoms with Crippen LogP contribution < -0.4 is 5.32 Å². The van der Waals surface area contributed by atoms with Gasteiger partial charge in [-0.2, -0.15) is 0 Å². The lowest BCUT2D eigenvalue weighted by atomic mass is 9.77. The van der Waals surface area contributed by atoms with Crippen LogP contribution in [0.1, 0.15) is 36.7 Å². The Bertz CT molecular complexity index is 561. The van der Waals surface area contributed by atoms with Gasteiger partial charge in [0.15, 0.2) is 5.78 Å². The summed E-state index contributed by atoms with van der Waals surface area (Å²) in [4.78, 5) is 16.1. The van der Waals surface area contributed by atoms with E-state index in [1.165, 1.54) is 0 Å². The zero-order valence-corrected chi connectivity index (χ0v) is 11.3. The molecule has 1 fully saturated rings. The van der Waals surface area contributed by atoms with Gasteiger partial charge in [0.25, 0.3) is 0 Å². The molecular formula is C16H20N2O. The standard InChI is InChI=1S/C16H20N2O/c1-2-7-16(8-9-17-11-16)15(19)14-10-12-5-3-4-6-13(12)18-14/h3-6,10,17-18H,2,7-9,11H2,1H3. The second-order valence-electron chi connectivity index (χ2n) is 5.56. The number of Topliss-reactive ketones (excluding diaryl/α,β-unsaturated/α-hetero) is 1. The lowest BCUT2D eigenvalue weighted by Crippen LogP contribution is -2.33. The molecule has 0 saturated carbocycles. The number of aromatic amines is 1. The number of rotatable bonds is 4. The quantitative estimate of drug-likeness (QED) is 0.825. The van der Waals surface area contributed by atoms with Gasteiger partial charge in [0, 0.05) is 22.9 Å². The van der Waals surface area contributed by atoms with E-state index in [4.69, 9.17) is 0 Å². The number of H-pyrrole nitrogens is 1. The molecule has 1 aromatic heterocycles. The minimum absolute atomic E-state index is 0.199. The summed E-state index contributed by atoms with van der Waals surface area (Å²) in [6.07, 6.45) is 2.97. The molecule has 100 valence electrons. The summed E-state index contributed by atoms with van der Waals surface area (Å²) in [6.45, 7) is 3.92. The highest BCUT2D eigenvalue weighted by molar-refractivity contribution is 6.03. The molecule has 3 nitrogen and oxygen atoms in total. The average molecular weight is 256 g/mol. The molecule has 19 heavy (non-hydrogen) atoms. The van der Waals surface area contributed by atoms with Crippen molar-refractivity contribution in [1.82, 2.24) is 10.3 Å². The van der Waals surface area contributed by atoms with E-state index >= 15 is 0 Å². The maximum atomic E-state index is 12.9. The summed E-state index contributed by atoms with van der Waals surface area (Å²) in [5.41, 5.74) is 1.61. The Balaban J connectivity index is 1.97. The third kappa shape index (κ3) is 2.08. The molecule has 3 rings (SSSR count). The molecular weight excluding hydrogens is 236 g/mol. The Labute approximate surface area is 113 Å². The van der Waals surface area contributed by atoms with Crippen molar-refractivity contribution in [2.75, 3.05) is 13.1 Å². The van der Waals surface area contributed by atoms with Gasteiger partial charge in [-0.25, -0.2) is 0 Å². The SMILES string of the molecule is CCCC1(C(=O)c2cc3ccccc3[nH]2)CCNC1. The topological polar surface area (TPSA) is 44.9 Å². The molecule has 1 aliphatic rings. The van der Waals surface area contributed by atoms with Gasteiger partial charge < -0.3 is 10.3 Å². The van der Waals surface area contributed by atoms with E-state index in [9.17, 15) is 4.79 Å². The van der Waals surface area contributed by atoms with Gasteiger partial charge in [0.1, 0.15) is 0 Å². The first kappa shape index (κ1) is 12.4. The van der Waals surface area contributed by atoms with Crippen molar-refractivity contribution in [2.24, 2.45) is 5.41 Å². The van der Waals surface area contributed by atoms with E-state index in [0.717, 1.165) is 48.9 Å². The number of ketones is 1. The van der Waals surface area contributed by atoms with E-state index in [1.54, 1.807) is 0 Å². The monoisotopic (exact) mass is 256 g/mol. The number of nitrogens with one attached hydrogen (secondary N) is 2. The van der Waals surface area contributed by atoms with Crippen molar-refractivity contribution < 1.29 is 4.79 Å². The first-order chi connectivity index (χ1) is 9.25. The first-order valence-electron chi connectivity index (χ1n) is 7.08. The van der Waals surface area contributed by atoms with Gasteiger partial charge >= 0.3 is 0 Å². The van der Waals surface area contributed by atoms with Crippen molar-refractivity contribution in [3.63, 3.8) is 0 Å². The van der Waals surface area contributed by atoms with Crippen LogP contribution in [0.4, 0.5) is 0 Å². The van der Waals surface area contributed by atoms with Crippen LogP contribution in [0.15, 0.2) is 30.3 Å². The predicted octanol–water partition coefficient (Wildman–Crippen LogP) is 3.13. The molecule has 1 saturated heterocycles. The zero-order valence-electron chi connectivity index (χ0n) is 11.3. The van der Waals surface area contributed by atoms with Crippen LogP contribution in [0.5, 0.6) is 0 Å². The lowest BCUT2D eigenvalue weighted by molar-refractivity contribution is 0.0797. The van der Waals surface area contributed by atoms with E-state index in [0.29, 0.717) is 0 Å². The van der Waals surface area contributed by atoms with Crippen molar-refractivity contribution in [3.8, 4) is 0 Å². The summed E-state index contributed by atoms with van der Waals surface area (Å²) in [7, 11) is 0. The minimum Gasteiger partial charge on any atom is -0.352 e. The Morgan fingerprint density at radius 1 is 1.37 bits per heavy atom. The van der Waals surface area contributed by atoms with Crippen LogP contribution in [-0.4, -0.2) is 23.9 Å². The molecule has 0 amide bonds. The molecule has 0 bridgehead atoms. The third-order valence-electron chi connectivity index (χ3n) is 4.23. The van der Waals surface area contributed by atoms with Gasteiger partial charge in [0.05, 0.1) is 5.69 Å². The van der Waals surface area contributed by atoms with E-state index < -0.39 is 0 Å². The number of aromatic nitrogens is 1. The molecule has 1 atom stereocenters. The van der Waals surface area contributed by atoms with Gasteiger partial charge in [-0.05, 0) is 31.5 Å². The highest BCUT2D eigenvalue weighted by atomic mass is 16.1. The summed E-state index contributed by atoms with van der Waals surface area (Å²) in [5.74, 6) is 0.274. The molecule has 2 heterocycles. The molecule has 1 aliphatic heterocycles. The fourth-order valence-electron chi connectivity index (χ4n) is 3.22. The van der Waals surface area contributed by atoms with Crippen LogP contribution in [0.25, 0.3) is 10.9 Å². The molecule has 2 aromatic rings. The number of hydrogen-bond acceptors (Lipinski definition) is 2. The number of carbonyl (C=O) groups is 1. The van der Waals surface area contributed by atoms with E-state index in [2.05, 4.69) is 17.2 Å². The highest BCUT2D eigenvalue weighted by Gasteiger charge is 2.41. The Kier molecular flexibility index (Phi) is 3.15. The second-order valence-corrected chi connectivity index (χ2v) is 5.56. The minimum atomic E-state index is -0.199. The molecule has 0 spiro atoms. The molecule has 2 N–H and O–H groups in total.